The Balaban J connectivity index is 1.51. The summed E-state index contributed by atoms with van der Waals surface area (Å²) in [5, 5.41) is 2.95. The molecule has 2 aromatic carbocycles. The van der Waals surface area contributed by atoms with Crippen molar-refractivity contribution in [1.82, 2.24) is 4.98 Å². The minimum absolute atomic E-state index is 0.116. The van der Waals surface area contributed by atoms with Gasteiger partial charge in [-0.3, -0.25) is 4.79 Å². The molecule has 4 rings (SSSR count). The Bertz CT molecular complexity index is 866. The van der Waals surface area contributed by atoms with Gasteiger partial charge >= 0.3 is 0 Å². The molecule has 0 aliphatic carbocycles. The van der Waals surface area contributed by atoms with Gasteiger partial charge < -0.3 is 10.1 Å². The summed E-state index contributed by atoms with van der Waals surface area (Å²) in [5.41, 5.74) is 2.82. The largest absolute Gasteiger partial charge is 0.480 e. The Morgan fingerprint density at radius 3 is 3.04 bits per heavy atom. The summed E-state index contributed by atoms with van der Waals surface area (Å²) >= 11 is 3.26. The van der Waals surface area contributed by atoms with Crippen molar-refractivity contribution in [3.8, 4) is 5.75 Å². The number of anilines is 1. The molecule has 1 amide bonds. The van der Waals surface area contributed by atoms with Crippen LogP contribution in [-0.2, 0) is 11.2 Å². The molecule has 0 bridgehead atoms. The van der Waals surface area contributed by atoms with Gasteiger partial charge in [-0.2, -0.15) is 0 Å². The van der Waals surface area contributed by atoms with Crippen LogP contribution in [0, 0.1) is 0 Å². The molecular weight excluding hydrogens is 328 g/mol. The number of nitrogens with zero attached hydrogens (tertiary/aromatic N) is 1. The van der Waals surface area contributed by atoms with E-state index in [4.69, 9.17) is 4.74 Å². The van der Waals surface area contributed by atoms with Gasteiger partial charge in [0, 0.05) is 12.1 Å². The van der Waals surface area contributed by atoms with E-state index in [0.717, 1.165) is 31.6 Å². The number of rotatable bonds is 3. The molecule has 6 heteroatoms. The van der Waals surface area contributed by atoms with E-state index in [0.29, 0.717) is 6.42 Å². The first-order valence-corrected chi connectivity index (χ1v) is 9.27. The van der Waals surface area contributed by atoms with E-state index in [9.17, 15) is 4.79 Å². The molecule has 3 aromatic rings. The number of aromatic nitrogens is 1. The number of thioether (sulfide) groups is 1. The van der Waals surface area contributed by atoms with Crippen LogP contribution < -0.4 is 10.1 Å². The summed E-state index contributed by atoms with van der Waals surface area (Å²) in [6, 6.07) is 13.6. The van der Waals surface area contributed by atoms with E-state index in [1.54, 1.807) is 23.1 Å². The second kappa shape index (κ2) is 5.86. The number of carbonyl (C=O) groups excluding carboxylic acids is 1. The smallest absolute Gasteiger partial charge is 0.265 e. The average molecular weight is 342 g/mol. The molecule has 0 radical (unpaired) electrons. The number of ether oxygens (including phenoxy) is 1. The van der Waals surface area contributed by atoms with Gasteiger partial charge in [-0.15, -0.1) is 11.3 Å². The lowest BCUT2D eigenvalue weighted by Gasteiger charge is -2.11. The lowest BCUT2D eigenvalue weighted by molar-refractivity contribution is -0.122. The van der Waals surface area contributed by atoms with E-state index in [1.165, 1.54) is 0 Å². The van der Waals surface area contributed by atoms with Crippen molar-refractivity contribution >= 4 is 44.9 Å². The predicted molar refractivity (Wildman–Crippen MR) is 94.6 cm³/mol. The summed E-state index contributed by atoms with van der Waals surface area (Å²) < 4.78 is 7.82. The van der Waals surface area contributed by atoms with Crippen molar-refractivity contribution in [3.05, 3.63) is 48.0 Å². The SMILES string of the molecule is CSc1nc2ccc(NC(=O)C3Cc4ccccc4O3)cc2s1. The van der Waals surface area contributed by atoms with Crippen molar-refractivity contribution in [2.75, 3.05) is 11.6 Å². The summed E-state index contributed by atoms with van der Waals surface area (Å²) in [4.78, 5) is 16.9. The second-order valence-corrected chi connectivity index (χ2v) is 7.36. The van der Waals surface area contributed by atoms with Crippen LogP contribution in [0.25, 0.3) is 10.2 Å². The van der Waals surface area contributed by atoms with Crippen molar-refractivity contribution < 1.29 is 9.53 Å². The van der Waals surface area contributed by atoms with Gasteiger partial charge in [-0.25, -0.2) is 4.98 Å². The highest BCUT2D eigenvalue weighted by Gasteiger charge is 2.28. The number of hydrogen-bond acceptors (Lipinski definition) is 5. The molecule has 1 atom stereocenters. The van der Waals surface area contributed by atoms with Crippen LogP contribution in [0.4, 0.5) is 5.69 Å². The molecule has 1 aromatic heterocycles. The number of amides is 1. The first-order valence-electron chi connectivity index (χ1n) is 7.23. The van der Waals surface area contributed by atoms with Gasteiger partial charge in [0.15, 0.2) is 10.4 Å². The van der Waals surface area contributed by atoms with Gasteiger partial charge in [0.05, 0.1) is 10.2 Å². The van der Waals surface area contributed by atoms with Gasteiger partial charge in [-0.1, -0.05) is 30.0 Å². The molecule has 4 nitrogen and oxygen atoms in total. The highest BCUT2D eigenvalue weighted by Crippen LogP contribution is 2.31. The zero-order valence-corrected chi connectivity index (χ0v) is 14.0. The number of fused-ring (bicyclic) bond motifs is 2. The zero-order valence-electron chi connectivity index (χ0n) is 12.4. The van der Waals surface area contributed by atoms with Crippen LogP contribution in [0.1, 0.15) is 5.56 Å². The fraction of sp³-hybridized carbons (Fsp3) is 0.176. The standard InChI is InChI=1S/C17H14N2O2S2/c1-22-17-19-12-7-6-11(9-15(12)23-17)18-16(20)14-8-10-4-2-3-5-13(10)21-14/h2-7,9,14H,8H2,1H3,(H,18,20). The first kappa shape index (κ1) is 14.5. The monoisotopic (exact) mass is 342 g/mol. The van der Waals surface area contributed by atoms with Gasteiger partial charge in [0.25, 0.3) is 5.91 Å². The first-order chi connectivity index (χ1) is 11.2. The highest BCUT2D eigenvalue weighted by molar-refractivity contribution is 8.00. The maximum absolute atomic E-state index is 12.4. The van der Waals surface area contributed by atoms with Crippen LogP contribution in [-0.4, -0.2) is 23.3 Å². The number of para-hydroxylation sites is 1. The molecular formula is C17H14N2O2S2. The molecule has 23 heavy (non-hydrogen) atoms. The molecule has 116 valence electrons. The molecule has 1 aliphatic rings. The van der Waals surface area contributed by atoms with Crippen molar-refractivity contribution in [1.29, 1.82) is 0 Å². The minimum Gasteiger partial charge on any atom is -0.480 e. The lowest BCUT2D eigenvalue weighted by atomic mass is 10.1. The normalized spacial score (nSPS) is 16.1. The number of hydrogen-bond donors (Lipinski definition) is 1. The minimum atomic E-state index is -0.466. The number of carbonyl (C=O) groups is 1. The van der Waals surface area contributed by atoms with Gasteiger partial charge in [0.1, 0.15) is 5.75 Å². The fourth-order valence-electron chi connectivity index (χ4n) is 2.62. The van der Waals surface area contributed by atoms with Crippen LogP contribution >= 0.6 is 23.1 Å². The third-order valence-electron chi connectivity index (χ3n) is 3.75. The molecule has 0 saturated carbocycles. The van der Waals surface area contributed by atoms with Crippen molar-refractivity contribution in [3.63, 3.8) is 0 Å². The summed E-state index contributed by atoms with van der Waals surface area (Å²) in [5.74, 6) is 0.685. The zero-order chi connectivity index (χ0) is 15.8. The maximum Gasteiger partial charge on any atom is 0.265 e. The van der Waals surface area contributed by atoms with Gasteiger partial charge in [-0.05, 0) is 36.1 Å². The van der Waals surface area contributed by atoms with Crippen LogP contribution in [0.15, 0.2) is 46.8 Å². The van der Waals surface area contributed by atoms with E-state index < -0.39 is 6.10 Å². The van der Waals surface area contributed by atoms with E-state index in [2.05, 4.69) is 10.3 Å². The highest BCUT2D eigenvalue weighted by atomic mass is 32.2. The summed E-state index contributed by atoms with van der Waals surface area (Å²) in [6.07, 6.45) is 2.16. The Hall–Kier alpha value is -2.05. The molecule has 2 heterocycles. The third kappa shape index (κ3) is 2.80. The van der Waals surface area contributed by atoms with E-state index in [-0.39, 0.29) is 5.91 Å². The molecule has 0 saturated heterocycles. The summed E-state index contributed by atoms with van der Waals surface area (Å²) in [7, 11) is 0. The Morgan fingerprint density at radius 2 is 2.22 bits per heavy atom. The van der Waals surface area contributed by atoms with Crippen LogP contribution in [0.3, 0.4) is 0 Å². The summed E-state index contributed by atoms with van der Waals surface area (Å²) in [6.45, 7) is 0. The molecule has 1 N–H and O–H groups in total. The fourth-order valence-corrected chi connectivity index (χ4v) is 4.15. The predicted octanol–water partition coefficient (Wildman–Crippen LogP) is 3.96. The van der Waals surface area contributed by atoms with Crippen molar-refractivity contribution in [2.45, 2.75) is 16.9 Å². The van der Waals surface area contributed by atoms with Crippen LogP contribution in [0.2, 0.25) is 0 Å². The molecule has 0 fully saturated rings. The number of benzene rings is 2. The van der Waals surface area contributed by atoms with Gasteiger partial charge in [0.2, 0.25) is 0 Å². The topological polar surface area (TPSA) is 51.2 Å². The van der Waals surface area contributed by atoms with E-state index in [1.807, 2.05) is 48.7 Å². The Morgan fingerprint density at radius 1 is 1.35 bits per heavy atom. The third-order valence-corrected chi connectivity index (χ3v) is 5.75. The maximum atomic E-state index is 12.4. The number of nitrogens with one attached hydrogen (secondary N) is 1. The molecule has 0 spiro atoms. The molecule has 1 aliphatic heterocycles. The molecule has 1 unspecified atom stereocenters. The Kier molecular flexibility index (Phi) is 3.71. The Labute approximate surface area is 141 Å². The van der Waals surface area contributed by atoms with Crippen molar-refractivity contribution in [2.24, 2.45) is 0 Å². The number of thiazole rings is 1. The lowest BCUT2D eigenvalue weighted by Crippen LogP contribution is -2.31. The average Bonchev–Trinajstić information content (AvgIpc) is 3.17. The van der Waals surface area contributed by atoms with Crippen LogP contribution in [0.5, 0.6) is 5.75 Å². The quantitative estimate of drug-likeness (QED) is 0.732. The second-order valence-electron chi connectivity index (χ2n) is 5.27. The van der Waals surface area contributed by atoms with E-state index >= 15 is 0 Å².